The van der Waals surface area contributed by atoms with Crippen molar-refractivity contribution in [2.24, 2.45) is 0 Å². The second-order valence-electron chi connectivity index (χ2n) is 8.09. The number of aliphatic hydroxyl groups excluding tert-OH is 1. The predicted octanol–water partition coefficient (Wildman–Crippen LogP) is 3.82. The fourth-order valence-electron chi connectivity index (χ4n) is 4.26. The van der Waals surface area contributed by atoms with Gasteiger partial charge in [-0.25, -0.2) is 0 Å². The number of piperazine rings is 1. The first kappa shape index (κ1) is 20.3. The molecule has 1 aromatic carbocycles. The van der Waals surface area contributed by atoms with Gasteiger partial charge in [0.05, 0.1) is 11.9 Å². The van der Waals surface area contributed by atoms with Crippen LogP contribution in [0.4, 0.5) is 0 Å². The van der Waals surface area contributed by atoms with Crippen molar-refractivity contribution in [3.8, 4) is 11.3 Å². The van der Waals surface area contributed by atoms with Crippen LogP contribution in [-0.4, -0.2) is 57.4 Å². The molecule has 3 heterocycles. The topological polar surface area (TPSA) is 55.4 Å². The van der Waals surface area contributed by atoms with E-state index in [0.717, 1.165) is 44.8 Å². The third-order valence-electron chi connectivity index (χ3n) is 5.89. The highest BCUT2D eigenvalue weighted by Gasteiger charge is 2.27. The van der Waals surface area contributed by atoms with Gasteiger partial charge in [0.1, 0.15) is 0 Å². The van der Waals surface area contributed by atoms with E-state index in [1.165, 1.54) is 27.8 Å². The number of rotatable bonds is 7. The lowest BCUT2D eigenvalue weighted by Gasteiger charge is -2.41. The zero-order chi connectivity index (χ0) is 20.2. The summed E-state index contributed by atoms with van der Waals surface area (Å²) >= 11 is 1.75. The van der Waals surface area contributed by atoms with Crippen LogP contribution in [0.5, 0.6) is 0 Å². The maximum atomic E-state index is 9.60. The molecule has 0 aliphatic carbocycles. The molecule has 5 nitrogen and oxygen atoms in total. The van der Waals surface area contributed by atoms with Crippen molar-refractivity contribution in [1.29, 1.82) is 0 Å². The van der Waals surface area contributed by atoms with E-state index in [9.17, 15) is 5.11 Å². The van der Waals surface area contributed by atoms with E-state index in [-0.39, 0.29) is 6.61 Å². The molecule has 1 aliphatic rings. The third kappa shape index (κ3) is 4.78. The highest BCUT2D eigenvalue weighted by Crippen LogP contribution is 2.27. The predicted molar refractivity (Wildman–Crippen MR) is 119 cm³/mol. The Labute approximate surface area is 177 Å². The highest BCUT2D eigenvalue weighted by molar-refractivity contribution is 7.07. The van der Waals surface area contributed by atoms with Crippen molar-refractivity contribution in [2.45, 2.75) is 39.4 Å². The summed E-state index contributed by atoms with van der Waals surface area (Å²) < 4.78 is 0. The maximum absolute atomic E-state index is 9.60. The van der Waals surface area contributed by atoms with Gasteiger partial charge in [0, 0.05) is 56.5 Å². The molecule has 1 atom stereocenters. The van der Waals surface area contributed by atoms with Crippen molar-refractivity contribution in [1.82, 2.24) is 20.0 Å². The van der Waals surface area contributed by atoms with Gasteiger partial charge in [-0.05, 0) is 54.3 Å². The number of aromatic amines is 1. The Kier molecular flexibility index (Phi) is 6.45. The van der Waals surface area contributed by atoms with Gasteiger partial charge in [-0.15, -0.1) is 0 Å². The Balaban J connectivity index is 1.47. The first-order valence-corrected chi connectivity index (χ1v) is 11.3. The summed E-state index contributed by atoms with van der Waals surface area (Å²) in [6.45, 7) is 9.40. The lowest BCUT2D eigenvalue weighted by atomic mass is 10.00. The van der Waals surface area contributed by atoms with Gasteiger partial charge in [-0.2, -0.15) is 16.4 Å². The van der Waals surface area contributed by atoms with Gasteiger partial charge in [0.15, 0.2) is 0 Å². The molecular weight excluding hydrogens is 380 g/mol. The van der Waals surface area contributed by atoms with Gasteiger partial charge in [-0.3, -0.25) is 14.9 Å². The number of nitrogens with one attached hydrogen (secondary N) is 1. The smallest absolute Gasteiger partial charge is 0.0698 e. The van der Waals surface area contributed by atoms with Gasteiger partial charge >= 0.3 is 0 Å². The van der Waals surface area contributed by atoms with Gasteiger partial charge in [-0.1, -0.05) is 17.7 Å². The lowest BCUT2D eigenvalue weighted by Crippen LogP contribution is -2.52. The fourth-order valence-corrected chi connectivity index (χ4v) is 4.92. The minimum Gasteiger partial charge on any atom is -0.396 e. The van der Waals surface area contributed by atoms with Crippen LogP contribution in [-0.2, 0) is 13.1 Å². The molecule has 3 aromatic rings. The molecule has 1 aliphatic heterocycles. The third-order valence-corrected chi connectivity index (χ3v) is 6.62. The van der Waals surface area contributed by atoms with Crippen molar-refractivity contribution < 1.29 is 5.11 Å². The van der Waals surface area contributed by atoms with Crippen LogP contribution in [0.15, 0.2) is 41.2 Å². The molecule has 0 saturated carbocycles. The Morgan fingerprint density at radius 2 is 2.10 bits per heavy atom. The van der Waals surface area contributed by atoms with Crippen LogP contribution in [0, 0.1) is 13.8 Å². The molecule has 2 aromatic heterocycles. The first-order chi connectivity index (χ1) is 14.1. The highest BCUT2D eigenvalue weighted by atomic mass is 32.1. The van der Waals surface area contributed by atoms with Crippen LogP contribution >= 0.6 is 11.3 Å². The monoisotopic (exact) mass is 410 g/mol. The molecule has 1 unspecified atom stereocenters. The summed E-state index contributed by atoms with van der Waals surface area (Å²) in [5.74, 6) is 0. The molecule has 1 fully saturated rings. The summed E-state index contributed by atoms with van der Waals surface area (Å²) in [5, 5.41) is 21.5. The van der Waals surface area contributed by atoms with E-state index in [1.807, 2.05) is 6.20 Å². The van der Waals surface area contributed by atoms with Gasteiger partial charge < -0.3 is 5.11 Å². The molecule has 2 N–H and O–H groups in total. The Morgan fingerprint density at radius 3 is 2.90 bits per heavy atom. The number of H-pyrrole nitrogens is 1. The van der Waals surface area contributed by atoms with Crippen LogP contribution < -0.4 is 0 Å². The molecule has 154 valence electrons. The number of aliphatic hydroxyl groups is 1. The van der Waals surface area contributed by atoms with Crippen molar-refractivity contribution in [2.75, 3.05) is 26.2 Å². The molecule has 6 heteroatoms. The maximum Gasteiger partial charge on any atom is 0.0698 e. The molecule has 0 radical (unpaired) electrons. The SMILES string of the molecule is Cc1ccc(C)c(-c2[nH]ncc2CN2CCN(Cc3ccsc3)C(CCO)C2)c1. The number of hydrogen-bond donors (Lipinski definition) is 2. The van der Waals surface area contributed by atoms with E-state index >= 15 is 0 Å². The second-order valence-corrected chi connectivity index (χ2v) is 8.87. The van der Waals surface area contributed by atoms with Gasteiger partial charge in [0.2, 0.25) is 0 Å². The van der Waals surface area contributed by atoms with Crippen LogP contribution in [0.1, 0.15) is 28.7 Å². The van der Waals surface area contributed by atoms with E-state index in [0.29, 0.717) is 6.04 Å². The fraction of sp³-hybridized carbons (Fsp3) is 0.435. The normalized spacial score (nSPS) is 18.4. The zero-order valence-corrected chi connectivity index (χ0v) is 18.1. The number of thiophene rings is 1. The zero-order valence-electron chi connectivity index (χ0n) is 17.3. The van der Waals surface area contributed by atoms with Crippen LogP contribution in [0.3, 0.4) is 0 Å². The standard InChI is InChI=1S/C23H30N4OS/c1-17-3-4-18(2)22(11-17)23-20(12-24-25-23)14-26-7-8-27(21(15-26)5-9-28)13-19-6-10-29-16-19/h3-4,6,10-12,16,21,28H,5,7-9,13-15H2,1-2H3,(H,24,25). The van der Waals surface area contributed by atoms with Crippen LogP contribution in [0.2, 0.25) is 0 Å². The molecule has 0 bridgehead atoms. The minimum absolute atomic E-state index is 0.234. The average molecular weight is 411 g/mol. The van der Waals surface area contributed by atoms with E-state index in [4.69, 9.17) is 0 Å². The van der Waals surface area contributed by atoms with E-state index in [1.54, 1.807) is 11.3 Å². The molecule has 0 amide bonds. The summed E-state index contributed by atoms with van der Waals surface area (Å²) in [5.41, 5.74) is 7.51. The Morgan fingerprint density at radius 1 is 1.21 bits per heavy atom. The quantitative estimate of drug-likeness (QED) is 0.622. The summed E-state index contributed by atoms with van der Waals surface area (Å²) in [7, 11) is 0. The number of aromatic nitrogens is 2. The molecular formula is C23H30N4OS. The average Bonchev–Trinajstić information content (AvgIpc) is 3.38. The second kappa shape index (κ2) is 9.22. The van der Waals surface area contributed by atoms with Crippen molar-refractivity contribution >= 4 is 11.3 Å². The first-order valence-electron chi connectivity index (χ1n) is 10.3. The van der Waals surface area contributed by atoms with Gasteiger partial charge in [0.25, 0.3) is 0 Å². The number of benzene rings is 1. The largest absolute Gasteiger partial charge is 0.396 e. The van der Waals surface area contributed by atoms with Crippen molar-refractivity contribution in [3.05, 3.63) is 63.5 Å². The minimum atomic E-state index is 0.234. The lowest BCUT2D eigenvalue weighted by molar-refractivity contribution is 0.0501. The van der Waals surface area contributed by atoms with E-state index in [2.05, 4.69) is 68.9 Å². The number of nitrogens with zero attached hydrogens (tertiary/aromatic N) is 3. The molecule has 4 rings (SSSR count). The van der Waals surface area contributed by atoms with Crippen molar-refractivity contribution in [3.63, 3.8) is 0 Å². The summed E-state index contributed by atoms with van der Waals surface area (Å²) in [6, 6.07) is 9.15. The van der Waals surface area contributed by atoms with Crippen LogP contribution in [0.25, 0.3) is 11.3 Å². The molecule has 29 heavy (non-hydrogen) atoms. The van der Waals surface area contributed by atoms with E-state index < -0.39 is 0 Å². The number of hydrogen-bond acceptors (Lipinski definition) is 5. The molecule has 1 saturated heterocycles. The number of aryl methyl sites for hydroxylation is 2. The Bertz CT molecular complexity index is 921. The summed E-state index contributed by atoms with van der Waals surface area (Å²) in [4.78, 5) is 5.03. The Hall–Kier alpha value is -1.99. The summed E-state index contributed by atoms with van der Waals surface area (Å²) in [6.07, 6.45) is 2.78. The molecule has 0 spiro atoms.